The number of nitrogen functional groups attached to an aromatic ring is 1. The molecule has 0 aliphatic carbocycles. The molecule has 3 aromatic rings. The highest BCUT2D eigenvalue weighted by atomic mass is 32.2. The quantitative estimate of drug-likeness (QED) is 0.628. The largest absolute Gasteiger partial charge is 0.383 e. The van der Waals surface area contributed by atoms with Crippen molar-refractivity contribution < 1.29 is 4.39 Å². The van der Waals surface area contributed by atoms with Crippen LogP contribution in [0.1, 0.15) is 11.6 Å². The predicted molar refractivity (Wildman–Crippen MR) is 109 cm³/mol. The summed E-state index contributed by atoms with van der Waals surface area (Å²) in [6.07, 6.45) is 6.30. The van der Waals surface area contributed by atoms with Gasteiger partial charge in [-0.15, -0.1) is 0 Å². The Morgan fingerprint density at radius 2 is 1.93 bits per heavy atom. The number of halogens is 1. The van der Waals surface area contributed by atoms with Gasteiger partial charge in [0.05, 0.1) is 18.4 Å². The molecular weight excluding hydrogens is 375 g/mol. The summed E-state index contributed by atoms with van der Waals surface area (Å²) in [7, 11) is 0. The maximum Gasteiger partial charge on any atom is 0.143 e. The second kappa shape index (κ2) is 7.69. The third-order valence-electron chi connectivity index (χ3n) is 4.16. The van der Waals surface area contributed by atoms with Gasteiger partial charge < -0.3 is 16.8 Å². The standard InChI is InChI=1S/C20H17FN6S/c21-15-7-12(5-6-14(15)16-8-26-18(22)10-25-16)13-3-1-2-4-17(13)28-20-11-24-9-19(23)27-20/h1-11,16,25H,22H2,(H2,23,27). The van der Waals surface area contributed by atoms with Crippen LogP contribution in [0.2, 0.25) is 0 Å². The second-order valence-electron chi connectivity index (χ2n) is 6.11. The van der Waals surface area contributed by atoms with E-state index in [0.717, 1.165) is 16.0 Å². The molecule has 2 aromatic carbocycles. The lowest BCUT2D eigenvalue weighted by Gasteiger charge is -2.18. The molecule has 1 aliphatic rings. The highest BCUT2D eigenvalue weighted by molar-refractivity contribution is 7.99. The molecule has 0 saturated carbocycles. The normalized spacial score (nSPS) is 15.8. The molecule has 140 valence electrons. The number of nitrogens with zero attached hydrogens (tertiary/aromatic N) is 3. The van der Waals surface area contributed by atoms with Crippen LogP contribution < -0.4 is 16.8 Å². The van der Waals surface area contributed by atoms with Gasteiger partial charge in [-0.25, -0.2) is 14.4 Å². The molecule has 1 atom stereocenters. The molecule has 4 rings (SSSR count). The van der Waals surface area contributed by atoms with Crippen LogP contribution in [0.3, 0.4) is 0 Å². The van der Waals surface area contributed by atoms with E-state index in [0.29, 0.717) is 22.2 Å². The third-order valence-corrected chi connectivity index (χ3v) is 5.14. The van der Waals surface area contributed by atoms with Crippen molar-refractivity contribution >= 4 is 23.8 Å². The Morgan fingerprint density at radius 3 is 2.68 bits per heavy atom. The van der Waals surface area contributed by atoms with Crippen LogP contribution in [0.4, 0.5) is 10.2 Å². The lowest BCUT2D eigenvalue weighted by atomic mass is 10.00. The average molecular weight is 392 g/mol. The van der Waals surface area contributed by atoms with Gasteiger partial charge in [0.25, 0.3) is 0 Å². The first-order valence-corrected chi connectivity index (χ1v) is 9.32. The number of aliphatic imine (C=N–C) groups is 1. The molecule has 6 nitrogen and oxygen atoms in total. The Kier molecular flexibility index (Phi) is 4.94. The first-order chi connectivity index (χ1) is 13.6. The molecule has 0 spiro atoms. The lowest BCUT2D eigenvalue weighted by Crippen LogP contribution is -2.23. The third kappa shape index (κ3) is 3.81. The van der Waals surface area contributed by atoms with Crippen LogP contribution in [0.5, 0.6) is 0 Å². The van der Waals surface area contributed by atoms with Crippen molar-refractivity contribution in [2.75, 3.05) is 5.73 Å². The Morgan fingerprint density at radius 1 is 1.07 bits per heavy atom. The molecule has 8 heteroatoms. The SMILES string of the molecule is NC1=CNC(c2ccc(-c3ccccc3Sc3cncc(N)n3)cc2F)C=N1. The molecule has 1 aliphatic heterocycles. The van der Waals surface area contributed by atoms with Crippen LogP contribution in [0, 0.1) is 5.82 Å². The van der Waals surface area contributed by atoms with Gasteiger partial charge in [0.1, 0.15) is 22.5 Å². The zero-order chi connectivity index (χ0) is 19.5. The van der Waals surface area contributed by atoms with Crippen molar-refractivity contribution in [3.05, 3.63) is 78.3 Å². The van der Waals surface area contributed by atoms with E-state index in [1.807, 2.05) is 30.3 Å². The van der Waals surface area contributed by atoms with Gasteiger partial charge in [0.2, 0.25) is 0 Å². The van der Waals surface area contributed by atoms with Gasteiger partial charge in [-0.2, -0.15) is 0 Å². The fourth-order valence-electron chi connectivity index (χ4n) is 2.85. The highest BCUT2D eigenvalue weighted by Crippen LogP contribution is 2.36. The van der Waals surface area contributed by atoms with Crippen LogP contribution in [-0.2, 0) is 0 Å². The number of nitrogens with one attached hydrogen (secondary N) is 1. The molecule has 1 aromatic heterocycles. The number of rotatable bonds is 4. The van der Waals surface area contributed by atoms with Gasteiger partial charge in [-0.05, 0) is 23.3 Å². The molecular formula is C20H17FN6S. The Labute approximate surface area is 165 Å². The van der Waals surface area contributed by atoms with E-state index in [9.17, 15) is 4.39 Å². The zero-order valence-electron chi connectivity index (χ0n) is 14.7. The van der Waals surface area contributed by atoms with Crippen LogP contribution in [-0.4, -0.2) is 16.2 Å². The van der Waals surface area contributed by atoms with E-state index in [4.69, 9.17) is 11.5 Å². The minimum absolute atomic E-state index is 0.320. The Bertz CT molecular complexity index is 1080. The average Bonchev–Trinajstić information content (AvgIpc) is 2.69. The number of aromatic nitrogens is 2. The molecule has 28 heavy (non-hydrogen) atoms. The molecule has 0 radical (unpaired) electrons. The van der Waals surface area contributed by atoms with Crippen molar-refractivity contribution in [2.45, 2.75) is 16.0 Å². The van der Waals surface area contributed by atoms with Crippen molar-refractivity contribution in [1.82, 2.24) is 15.3 Å². The minimum atomic E-state index is -0.353. The van der Waals surface area contributed by atoms with E-state index in [1.54, 1.807) is 24.7 Å². The Balaban J connectivity index is 1.65. The minimum Gasteiger partial charge on any atom is -0.383 e. The summed E-state index contributed by atoms with van der Waals surface area (Å²) in [6, 6.07) is 12.6. The predicted octanol–water partition coefficient (Wildman–Crippen LogP) is 3.49. The van der Waals surface area contributed by atoms with Crippen LogP contribution in [0.25, 0.3) is 11.1 Å². The summed E-state index contributed by atoms with van der Waals surface area (Å²) >= 11 is 1.43. The number of hydrogen-bond donors (Lipinski definition) is 3. The number of anilines is 1. The first kappa shape index (κ1) is 18.0. The van der Waals surface area contributed by atoms with E-state index in [1.165, 1.54) is 24.0 Å². The topological polar surface area (TPSA) is 102 Å². The summed E-state index contributed by atoms with van der Waals surface area (Å²) in [4.78, 5) is 13.3. The monoisotopic (exact) mass is 392 g/mol. The fourth-order valence-corrected chi connectivity index (χ4v) is 3.78. The van der Waals surface area contributed by atoms with Crippen LogP contribution >= 0.6 is 11.8 Å². The molecule has 0 bridgehead atoms. The van der Waals surface area contributed by atoms with Gasteiger partial charge in [-0.1, -0.05) is 42.1 Å². The summed E-state index contributed by atoms with van der Waals surface area (Å²) in [5.74, 6) is 0.400. The summed E-state index contributed by atoms with van der Waals surface area (Å²) in [5, 5.41) is 3.70. The Hall–Kier alpha value is -3.39. The van der Waals surface area contributed by atoms with Gasteiger partial charge in [-0.3, -0.25) is 4.98 Å². The number of benzene rings is 2. The molecule has 0 saturated heterocycles. The summed E-state index contributed by atoms with van der Waals surface area (Å²) in [6.45, 7) is 0. The van der Waals surface area contributed by atoms with Gasteiger partial charge in [0, 0.05) is 22.9 Å². The van der Waals surface area contributed by atoms with Crippen molar-refractivity contribution in [1.29, 1.82) is 0 Å². The van der Waals surface area contributed by atoms with E-state index >= 15 is 0 Å². The van der Waals surface area contributed by atoms with Crippen molar-refractivity contribution in [2.24, 2.45) is 10.7 Å². The maximum atomic E-state index is 14.8. The second-order valence-corrected chi connectivity index (χ2v) is 7.17. The lowest BCUT2D eigenvalue weighted by molar-refractivity contribution is 0.595. The van der Waals surface area contributed by atoms with Gasteiger partial charge in [0.15, 0.2) is 0 Å². The number of nitrogens with two attached hydrogens (primary N) is 2. The highest BCUT2D eigenvalue weighted by Gasteiger charge is 2.17. The molecule has 1 unspecified atom stereocenters. The first-order valence-electron chi connectivity index (χ1n) is 8.50. The summed E-state index contributed by atoms with van der Waals surface area (Å²) in [5.41, 5.74) is 13.5. The van der Waals surface area contributed by atoms with E-state index in [-0.39, 0.29) is 11.9 Å². The van der Waals surface area contributed by atoms with Crippen molar-refractivity contribution in [3.63, 3.8) is 0 Å². The molecule has 5 N–H and O–H groups in total. The van der Waals surface area contributed by atoms with E-state index in [2.05, 4.69) is 20.3 Å². The number of hydrogen-bond acceptors (Lipinski definition) is 7. The maximum absolute atomic E-state index is 14.8. The summed E-state index contributed by atoms with van der Waals surface area (Å²) < 4.78 is 14.8. The molecule has 0 fully saturated rings. The zero-order valence-corrected chi connectivity index (χ0v) is 15.5. The van der Waals surface area contributed by atoms with Gasteiger partial charge >= 0.3 is 0 Å². The molecule has 0 amide bonds. The van der Waals surface area contributed by atoms with E-state index < -0.39 is 0 Å². The smallest absolute Gasteiger partial charge is 0.143 e. The van der Waals surface area contributed by atoms with Crippen molar-refractivity contribution in [3.8, 4) is 11.1 Å². The molecule has 2 heterocycles. The van der Waals surface area contributed by atoms with Crippen LogP contribution in [0.15, 0.2) is 81.8 Å². The fraction of sp³-hybridized carbons (Fsp3) is 0.0500.